The molecule has 0 radical (unpaired) electrons. The Morgan fingerprint density at radius 2 is 1.94 bits per heavy atom. The van der Waals surface area contributed by atoms with Gasteiger partial charge in [-0.05, 0) is 25.0 Å². The molecule has 0 aliphatic heterocycles. The molecule has 1 atom stereocenters. The van der Waals surface area contributed by atoms with Crippen LogP contribution in [0, 0.1) is 0 Å². The monoisotopic (exact) mass is 269 g/mol. The lowest BCUT2D eigenvalue weighted by atomic mass is 10.0. The number of benzene rings is 1. The van der Waals surface area contributed by atoms with Crippen molar-refractivity contribution in [3.63, 3.8) is 0 Å². The number of amides is 1. The van der Waals surface area contributed by atoms with Crippen molar-refractivity contribution in [2.75, 3.05) is 20.2 Å². The van der Waals surface area contributed by atoms with Gasteiger partial charge in [0.1, 0.15) is 5.38 Å². The van der Waals surface area contributed by atoms with Crippen LogP contribution in [0.3, 0.4) is 0 Å². The molecule has 3 nitrogen and oxygen atoms in total. The first-order chi connectivity index (χ1) is 8.65. The summed E-state index contributed by atoms with van der Waals surface area (Å²) >= 11 is 6.30. The van der Waals surface area contributed by atoms with E-state index < -0.39 is 5.38 Å². The Bertz CT molecular complexity index is 391. The van der Waals surface area contributed by atoms with Crippen LogP contribution in [-0.2, 0) is 16.1 Å². The van der Waals surface area contributed by atoms with Gasteiger partial charge in [-0.2, -0.15) is 0 Å². The summed E-state index contributed by atoms with van der Waals surface area (Å²) < 4.78 is 5.13. The third-order valence-electron chi connectivity index (χ3n) is 2.92. The number of alkyl halides is 1. The van der Waals surface area contributed by atoms with Crippen LogP contribution in [0.15, 0.2) is 24.3 Å². The number of carbonyl (C=O) groups is 1. The first kappa shape index (κ1) is 15.0. The van der Waals surface area contributed by atoms with Crippen molar-refractivity contribution in [3.05, 3.63) is 35.4 Å². The fraction of sp³-hybridized carbons (Fsp3) is 0.500. The molecule has 0 saturated heterocycles. The van der Waals surface area contributed by atoms with E-state index in [2.05, 4.69) is 0 Å². The Morgan fingerprint density at radius 1 is 1.33 bits per heavy atom. The van der Waals surface area contributed by atoms with Crippen LogP contribution in [0.1, 0.15) is 30.4 Å². The molecule has 100 valence electrons. The molecule has 1 aromatic rings. The maximum Gasteiger partial charge on any atom is 0.245 e. The maximum absolute atomic E-state index is 12.2. The molecule has 18 heavy (non-hydrogen) atoms. The van der Waals surface area contributed by atoms with E-state index in [1.54, 1.807) is 12.0 Å². The van der Waals surface area contributed by atoms with Crippen molar-refractivity contribution in [3.8, 4) is 0 Å². The summed E-state index contributed by atoms with van der Waals surface area (Å²) in [4.78, 5) is 14.0. The van der Waals surface area contributed by atoms with Gasteiger partial charge in [-0.3, -0.25) is 4.79 Å². The molecule has 0 aliphatic rings. The van der Waals surface area contributed by atoms with Crippen LogP contribution < -0.4 is 0 Å². The molecule has 0 fully saturated rings. The summed E-state index contributed by atoms with van der Waals surface area (Å²) in [5.74, 6) is -0.0507. The van der Waals surface area contributed by atoms with Crippen LogP contribution >= 0.6 is 11.6 Å². The number of methoxy groups -OCH3 is 1. The number of ether oxygens (including phenoxy) is 1. The van der Waals surface area contributed by atoms with E-state index in [1.165, 1.54) is 0 Å². The van der Waals surface area contributed by atoms with Gasteiger partial charge in [0, 0.05) is 20.2 Å². The second kappa shape index (κ2) is 7.39. The highest BCUT2D eigenvalue weighted by Gasteiger charge is 2.23. The largest absolute Gasteiger partial charge is 0.380 e. The lowest BCUT2D eigenvalue weighted by molar-refractivity contribution is -0.130. The summed E-state index contributed by atoms with van der Waals surface area (Å²) in [6.45, 7) is 5.71. The average Bonchev–Trinajstić information content (AvgIpc) is 2.40. The standard InChI is InChI=1S/C14H20ClNO2/c1-4-16(5-2)14(17)13(15)12-9-7-6-8-11(12)10-18-3/h6-9,13H,4-5,10H2,1-3H3. The fourth-order valence-corrected chi connectivity index (χ4v) is 2.25. The van der Waals surface area contributed by atoms with Crippen molar-refractivity contribution in [1.29, 1.82) is 0 Å². The minimum absolute atomic E-state index is 0.0507. The van der Waals surface area contributed by atoms with Crippen molar-refractivity contribution in [1.82, 2.24) is 4.90 Å². The predicted octanol–water partition coefficient (Wildman–Crippen LogP) is 2.98. The average molecular weight is 270 g/mol. The molecule has 0 N–H and O–H groups in total. The van der Waals surface area contributed by atoms with Crippen LogP contribution in [0.25, 0.3) is 0 Å². The molecule has 0 heterocycles. The summed E-state index contributed by atoms with van der Waals surface area (Å²) in [6, 6.07) is 7.62. The van der Waals surface area contributed by atoms with Crippen LogP contribution in [-0.4, -0.2) is 31.0 Å². The Balaban J connectivity index is 2.95. The molecule has 1 aromatic carbocycles. The molecular weight excluding hydrogens is 250 g/mol. The van der Waals surface area contributed by atoms with Gasteiger partial charge in [0.25, 0.3) is 0 Å². The summed E-state index contributed by atoms with van der Waals surface area (Å²) in [5, 5.41) is -0.642. The molecule has 0 aromatic heterocycles. The zero-order chi connectivity index (χ0) is 13.5. The summed E-state index contributed by atoms with van der Waals surface area (Å²) in [7, 11) is 1.63. The number of carbonyl (C=O) groups excluding carboxylic acids is 1. The van der Waals surface area contributed by atoms with E-state index in [1.807, 2.05) is 38.1 Å². The van der Waals surface area contributed by atoms with Crippen LogP contribution in [0.5, 0.6) is 0 Å². The third kappa shape index (κ3) is 3.47. The highest BCUT2D eigenvalue weighted by atomic mass is 35.5. The lowest BCUT2D eigenvalue weighted by Gasteiger charge is -2.23. The number of hydrogen-bond acceptors (Lipinski definition) is 2. The zero-order valence-corrected chi connectivity index (χ0v) is 11.9. The minimum Gasteiger partial charge on any atom is -0.380 e. The second-order valence-corrected chi connectivity index (χ2v) is 4.44. The highest BCUT2D eigenvalue weighted by Crippen LogP contribution is 2.26. The molecule has 4 heteroatoms. The van der Waals surface area contributed by atoms with Gasteiger partial charge in [-0.1, -0.05) is 24.3 Å². The van der Waals surface area contributed by atoms with Crippen molar-refractivity contribution in [2.24, 2.45) is 0 Å². The number of rotatable bonds is 6. The van der Waals surface area contributed by atoms with E-state index in [0.717, 1.165) is 11.1 Å². The molecule has 1 amide bonds. The number of nitrogens with zero attached hydrogens (tertiary/aromatic N) is 1. The van der Waals surface area contributed by atoms with Gasteiger partial charge in [-0.15, -0.1) is 11.6 Å². The summed E-state index contributed by atoms with van der Waals surface area (Å²) in [6.07, 6.45) is 0. The van der Waals surface area contributed by atoms with Gasteiger partial charge in [0.2, 0.25) is 5.91 Å². The van der Waals surface area contributed by atoms with E-state index in [-0.39, 0.29) is 5.91 Å². The van der Waals surface area contributed by atoms with Gasteiger partial charge >= 0.3 is 0 Å². The third-order valence-corrected chi connectivity index (χ3v) is 3.34. The van der Waals surface area contributed by atoms with Crippen molar-refractivity contribution < 1.29 is 9.53 Å². The van der Waals surface area contributed by atoms with E-state index in [4.69, 9.17) is 16.3 Å². The SMILES string of the molecule is CCN(CC)C(=O)C(Cl)c1ccccc1COC. The number of halogens is 1. The molecule has 1 unspecified atom stereocenters. The summed E-state index contributed by atoms with van der Waals surface area (Å²) in [5.41, 5.74) is 1.79. The van der Waals surface area contributed by atoms with Crippen molar-refractivity contribution in [2.45, 2.75) is 25.8 Å². The Morgan fingerprint density at radius 3 is 2.50 bits per heavy atom. The molecular formula is C14H20ClNO2. The maximum atomic E-state index is 12.2. The van der Waals surface area contributed by atoms with E-state index >= 15 is 0 Å². The Labute approximate surface area is 114 Å². The first-order valence-corrected chi connectivity index (χ1v) is 6.58. The topological polar surface area (TPSA) is 29.5 Å². The fourth-order valence-electron chi connectivity index (χ4n) is 1.90. The molecule has 0 saturated carbocycles. The van der Waals surface area contributed by atoms with Gasteiger partial charge in [-0.25, -0.2) is 0 Å². The second-order valence-electron chi connectivity index (χ2n) is 4.00. The predicted molar refractivity (Wildman–Crippen MR) is 73.7 cm³/mol. The normalized spacial score (nSPS) is 12.2. The smallest absolute Gasteiger partial charge is 0.245 e. The Hall–Kier alpha value is -1.06. The van der Waals surface area contributed by atoms with Crippen molar-refractivity contribution >= 4 is 17.5 Å². The highest BCUT2D eigenvalue weighted by molar-refractivity contribution is 6.30. The zero-order valence-electron chi connectivity index (χ0n) is 11.1. The molecule has 1 rings (SSSR count). The number of hydrogen-bond donors (Lipinski definition) is 0. The van der Waals surface area contributed by atoms with E-state index in [0.29, 0.717) is 19.7 Å². The van der Waals surface area contributed by atoms with E-state index in [9.17, 15) is 4.79 Å². The van der Waals surface area contributed by atoms with Gasteiger partial charge < -0.3 is 9.64 Å². The molecule has 0 aliphatic carbocycles. The minimum atomic E-state index is -0.642. The van der Waals surface area contributed by atoms with Crippen LogP contribution in [0.4, 0.5) is 0 Å². The van der Waals surface area contributed by atoms with Gasteiger partial charge in [0.05, 0.1) is 6.61 Å². The molecule has 0 bridgehead atoms. The number of likely N-dealkylation sites (N-methyl/N-ethyl adjacent to an activating group) is 1. The molecule has 0 spiro atoms. The Kier molecular flexibility index (Phi) is 6.16. The lowest BCUT2D eigenvalue weighted by Crippen LogP contribution is -2.33. The quantitative estimate of drug-likeness (QED) is 0.743. The van der Waals surface area contributed by atoms with Crippen LogP contribution in [0.2, 0.25) is 0 Å². The van der Waals surface area contributed by atoms with Gasteiger partial charge in [0.15, 0.2) is 0 Å². The first-order valence-electron chi connectivity index (χ1n) is 6.15.